The van der Waals surface area contributed by atoms with E-state index < -0.39 is 4.92 Å². The minimum Gasteiger partial charge on any atom is -0.379 e. The van der Waals surface area contributed by atoms with Crippen LogP contribution in [0, 0.1) is 10.1 Å². The third kappa shape index (κ3) is 3.82. The van der Waals surface area contributed by atoms with Gasteiger partial charge in [-0.05, 0) is 31.0 Å². The lowest BCUT2D eigenvalue weighted by molar-refractivity contribution is -0.384. The Kier molecular flexibility index (Phi) is 5.60. The number of hydrogen-bond acceptors (Lipinski definition) is 4. The van der Waals surface area contributed by atoms with Gasteiger partial charge in [0.25, 0.3) is 5.69 Å². The number of nitro benzene ring substituents is 1. The van der Waals surface area contributed by atoms with Gasteiger partial charge in [-0.2, -0.15) is 0 Å². The number of nitrogens with zero attached hydrogens (tertiary/aromatic N) is 2. The molecule has 7 heteroatoms. The van der Waals surface area contributed by atoms with Crippen molar-refractivity contribution in [3.05, 3.63) is 37.9 Å². The second-order valence-corrected chi connectivity index (χ2v) is 5.46. The van der Waals surface area contributed by atoms with Gasteiger partial charge in [-0.15, -0.1) is 0 Å². The molecule has 0 atom stereocenters. The Morgan fingerprint density at radius 2 is 2.00 bits per heavy atom. The average Bonchev–Trinajstić information content (AvgIpc) is 2.43. The molecule has 1 aromatic rings. The molecular formula is C13H16Cl2N2O3. The molecule has 0 unspecified atom stereocenters. The molecule has 20 heavy (non-hydrogen) atoms. The van der Waals surface area contributed by atoms with Crippen molar-refractivity contribution < 1.29 is 9.66 Å². The lowest BCUT2D eigenvalue weighted by atomic mass is 10.1. The summed E-state index contributed by atoms with van der Waals surface area (Å²) in [5.74, 6) is 0. The molecule has 1 saturated heterocycles. The predicted octanol–water partition coefficient (Wildman–Crippen LogP) is 3.17. The first-order chi connectivity index (χ1) is 9.59. The van der Waals surface area contributed by atoms with Crippen LogP contribution in [0.25, 0.3) is 0 Å². The first-order valence-corrected chi connectivity index (χ1v) is 7.26. The van der Waals surface area contributed by atoms with Crippen molar-refractivity contribution in [2.75, 3.05) is 32.8 Å². The molecule has 0 aliphatic carbocycles. The van der Waals surface area contributed by atoms with Crippen LogP contribution < -0.4 is 0 Å². The fraction of sp³-hybridized carbons (Fsp3) is 0.538. The molecule has 5 nitrogen and oxygen atoms in total. The zero-order valence-corrected chi connectivity index (χ0v) is 12.5. The normalized spacial score (nSPS) is 16.3. The minimum atomic E-state index is -0.482. The maximum atomic E-state index is 10.9. The monoisotopic (exact) mass is 318 g/mol. The lowest BCUT2D eigenvalue weighted by Crippen LogP contribution is -2.36. The maximum absolute atomic E-state index is 10.9. The molecule has 0 saturated carbocycles. The van der Waals surface area contributed by atoms with E-state index in [1.165, 1.54) is 12.1 Å². The van der Waals surface area contributed by atoms with Gasteiger partial charge >= 0.3 is 0 Å². The second-order valence-electron chi connectivity index (χ2n) is 4.67. The summed E-state index contributed by atoms with van der Waals surface area (Å²) in [6, 6.07) is 2.88. The van der Waals surface area contributed by atoms with Crippen LogP contribution >= 0.6 is 23.2 Å². The fourth-order valence-corrected chi connectivity index (χ4v) is 2.89. The third-order valence-electron chi connectivity index (χ3n) is 3.37. The third-order valence-corrected chi connectivity index (χ3v) is 4.14. The van der Waals surface area contributed by atoms with Crippen molar-refractivity contribution in [2.45, 2.75) is 12.8 Å². The molecule has 1 aliphatic rings. The summed E-state index contributed by atoms with van der Waals surface area (Å²) in [6.45, 7) is 4.29. The highest BCUT2D eigenvalue weighted by atomic mass is 35.5. The van der Waals surface area contributed by atoms with Crippen molar-refractivity contribution in [3.63, 3.8) is 0 Å². The van der Waals surface area contributed by atoms with Gasteiger partial charge in [-0.1, -0.05) is 23.2 Å². The Balaban J connectivity index is 1.98. The van der Waals surface area contributed by atoms with Crippen LogP contribution in [-0.2, 0) is 11.2 Å². The van der Waals surface area contributed by atoms with Crippen molar-refractivity contribution >= 4 is 28.9 Å². The molecule has 1 aromatic carbocycles. The van der Waals surface area contributed by atoms with Crippen LogP contribution in [0.4, 0.5) is 5.69 Å². The predicted molar refractivity (Wildman–Crippen MR) is 78.7 cm³/mol. The Morgan fingerprint density at radius 3 is 2.65 bits per heavy atom. The van der Waals surface area contributed by atoms with Gasteiger partial charge < -0.3 is 4.74 Å². The van der Waals surface area contributed by atoms with Gasteiger partial charge in [-0.3, -0.25) is 15.0 Å². The first-order valence-electron chi connectivity index (χ1n) is 6.51. The van der Waals surface area contributed by atoms with Crippen LogP contribution in [0.5, 0.6) is 0 Å². The van der Waals surface area contributed by atoms with E-state index in [1.807, 2.05) is 0 Å². The van der Waals surface area contributed by atoms with E-state index in [1.54, 1.807) is 0 Å². The molecule has 110 valence electrons. The van der Waals surface area contributed by atoms with Crippen LogP contribution in [0.1, 0.15) is 12.0 Å². The van der Waals surface area contributed by atoms with Crippen molar-refractivity contribution in [2.24, 2.45) is 0 Å². The van der Waals surface area contributed by atoms with E-state index in [0.717, 1.165) is 39.3 Å². The van der Waals surface area contributed by atoms with Crippen LogP contribution in [-0.4, -0.2) is 42.7 Å². The Labute approximate surface area is 127 Å². The SMILES string of the molecule is O=[N+]([O-])c1ccc(Cl)c(CCCN2CCOCC2)c1Cl. The Bertz CT molecular complexity index is 491. The summed E-state index contributed by atoms with van der Waals surface area (Å²) in [6.07, 6.45) is 1.50. The quantitative estimate of drug-likeness (QED) is 0.618. The van der Waals surface area contributed by atoms with Gasteiger partial charge in [0.2, 0.25) is 0 Å². The molecule has 0 N–H and O–H groups in total. The fourth-order valence-electron chi connectivity index (χ4n) is 2.26. The van der Waals surface area contributed by atoms with Crippen LogP contribution in [0.2, 0.25) is 10.0 Å². The maximum Gasteiger partial charge on any atom is 0.288 e. The topological polar surface area (TPSA) is 55.6 Å². The van der Waals surface area contributed by atoms with Crippen LogP contribution in [0.15, 0.2) is 12.1 Å². The van der Waals surface area contributed by atoms with E-state index in [0.29, 0.717) is 17.0 Å². The standard InChI is InChI=1S/C13H16Cl2N2O3/c14-11-3-4-12(17(18)19)13(15)10(11)2-1-5-16-6-8-20-9-7-16/h3-4H,1-2,5-9H2. The van der Waals surface area contributed by atoms with Gasteiger partial charge in [0.15, 0.2) is 0 Å². The van der Waals surface area contributed by atoms with Gasteiger partial charge in [0.1, 0.15) is 5.02 Å². The van der Waals surface area contributed by atoms with Crippen molar-refractivity contribution in [3.8, 4) is 0 Å². The molecule has 2 rings (SSSR count). The van der Waals surface area contributed by atoms with E-state index in [4.69, 9.17) is 27.9 Å². The molecule has 1 aliphatic heterocycles. The number of halogens is 2. The molecule has 0 aromatic heterocycles. The Hall–Kier alpha value is -0.880. The summed E-state index contributed by atoms with van der Waals surface area (Å²) in [5.41, 5.74) is 0.577. The molecular weight excluding hydrogens is 303 g/mol. The summed E-state index contributed by atoms with van der Waals surface area (Å²) in [4.78, 5) is 12.7. The number of rotatable bonds is 5. The molecule has 0 bridgehead atoms. The first kappa shape index (κ1) is 15.5. The van der Waals surface area contributed by atoms with Crippen LogP contribution in [0.3, 0.4) is 0 Å². The largest absolute Gasteiger partial charge is 0.379 e. The van der Waals surface area contributed by atoms with E-state index in [9.17, 15) is 10.1 Å². The highest BCUT2D eigenvalue weighted by Gasteiger charge is 2.18. The summed E-state index contributed by atoms with van der Waals surface area (Å²) in [5, 5.41) is 11.5. The molecule has 1 heterocycles. The minimum absolute atomic E-state index is 0.0857. The Morgan fingerprint density at radius 1 is 1.30 bits per heavy atom. The summed E-state index contributed by atoms with van der Waals surface area (Å²) in [7, 11) is 0. The van der Waals surface area contributed by atoms with Crippen molar-refractivity contribution in [1.29, 1.82) is 0 Å². The second kappa shape index (κ2) is 7.22. The molecule has 0 spiro atoms. The number of ether oxygens (including phenoxy) is 1. The molecule has 1 fully saturated rings. The highest BCUT2D eigenvalue weighted by Crippen LogP contribution is 2.33. The number of morpholine rings is 1. The molecule has 0 radical (unpaired) electrons. The van der Waals surface area contributed by atoms with Gasteiger partial charge in [0, 0.05) is 24.2 Å². The van der Waals surface area contributed by atoms with Gasteiger partial charge in [-0.25, -0.2) is 0 Å². The highest BCUT2D eigenvalue weighted by molar-refractivity contribution is 6.37. The average molecular weight is 319 g/mol. The van der Waals surface area contributed by atoms with Gasteiger partial charge in [0.05, 0.1) is 18.1 Å². The smallest absolute Gasteiger partial charge is 0.288 e. The van der Waals surface area contributed by atoms with E-state index in [2.05, 4.69) is 4.90 Å². The van der Waals surface area contributed by atoms with E-state index in [-0.39, 0.29) is 10.7 Å². The lowest BCUT2D eigenvalue weighted by Gasteiger charge is -2.26. The zero-order chi connectivity index (χ0) is 14.5. The van der Waals surface area contributed by atoms with Crippen molar-refractivity contribution in [1.82, 2.24) is 4.90 Å². The number of benzene rings is 1. The van der Waals surface area contributed by atoms with E-state index >= 15 is 0 Å². The zero-order valence-electron chi connectivity index (χ0n) is 11.0. The number of nitro groups is 1. The summed E-state index contributed by atoms with van der Waals surface area (Å²) < 4.78 is 5.29. The number of hydrogen-bond donors (Lipinski definition) is 0. The summed E-state index contributed by atoms with van der Waals surface area (Å²) >= 11 is 12.2. The molecule has 0 amide bonds.